The van der Waals surface area contributed by atoms with E-state index in [9.17, 15) is 8.42 Å². The largest absolute Gasteiger partial charge is 0.356 e. The van der Waals surface area contributed by atoms with Crippen LogP contribution in [0.2, 0.25) is 0 Å². The quantitative estimate of drug-likeness (QED) is 0.628. The topological polar surface area (TPSA) is 115 Å². The van der Waals surface area contributed by atoms with Gasteiger partial charge in [-0.25, -0.2) is 18.4 Å². The number of hydrogen-bond acceptors (Lipinski definition) is 6. The predicted octanol–water partition coefficient (Wildman–Crippen LogP) is 3.27. The van der Waals surface area contributed by atoms with Gasteiger partial charge >= 0.3 is 0 Å². The molecule has 0 saturated heterocycles. The van der Waals surface area contributed by atoms with E-state index in [2.05, 4.69) is 24.6 Å². The highest BCUT2D eigenvalue weighted by Crippen LogP contribution is 2.32. The number of nitrogens with zero attached hydrogens (tertiary/aromatic N) is 4. The van der Waals surface area contributed by atoms with E-state index in [1.54, 1.807) is 30.6 Å². The second kappa shape index (κ2) is 8.32. The van der Waals surface area contributed by atoms with Gasteiger partial charge in [-0.1, -0.05) is 0 Å². The highest BCUT2D eigenvalue weighted by Gasteiger charge is 2.28. The van der Waals surface area contributed by atoms with E-state index in [1.807, 2.05) is 25.4 Å². The fourth-order valence-electron chi connectivity index (χ4n) is 4.16. The molecule has 1 aliphatic rings. The molecule has 4 rings (SSSR count). The molecule has 0 spiro atoms. The molecule has 30 heavy (non-hydrogen) atoms. The van der Waals surface area contributed by atoms with Crippen molar-refractivity contribution in [2.24, 2.45) is 5.92 Å². The zero-order valence-electron chi connectivity index (χ0n) is 16.7. The van der Waals surface area contributed by atoms with E-state index < -0.39 is 10.0 Å². The number of anilines is 2. The summed E-state index contributed by atoms with van der Waals surface area (Å²) in [6.07, 6.45) is 6.97. The molecule has 0 amide bonds. The van der Waals surface area contributed by atoms with E-state index in [0.717, 1.165) is 42.5 Å². The van der Waals surface area contributed by atoms with Crippen molar-refractivity contribution < 1.29 is 8.42 Å². The SMILES string of the molecule is CN(c1ncnc2[nH]ccc12)[C@H]1CC[C@H](CS(=O)(=O)Nc2ccc(C#N)cc2)CC1. The van der Waals surface area contributed by atoms with Crippen LogP contribution in [0.5, 0.6) is 0 Å². The Balaban J connectivity index is 1.35. The van der Waals surface area contributed by atoms with Crippen molar-refractivity contribution >= 4 is 32.6 Å². The normalized spacial score (nSPS) is 19.3. The first-order chi connectivity index (χ1) is 14.4. The fourth-order valence-corrected chi connectivity index (χ4v) is 5.69. The molecule has 1 aromatic carbocycles. The Kier molecular flexibility index (Phi) is 5.59. The lowest BCUT2D eigenvalue weighted by Gasteiger charge is -2.35. The lowest BCUT2D eigenvalue weighted by molar-refractivity contribution is 0.341. The highest BCUT2D eigenvalue weighted by atomic mass is 32.2. The summed E-state index contributed by atoms with van der Waals surface area (Å²) < 4.78 is 27.8. The molecule has 0 radical (unpaired) electrons. The summed E-state index contributed by atoms with van der Waals surface area (Å²) >= 11 is 0. The second-order valence-corrected chi connectivity index (χ2v) is 9.56. The van der Waals surface area contributed by atoms with Gasteiger partial charge in [-0.3, -0.25) is 4.72 Å². The molecule has 0 bridgehead atoms. The predicted molar refractivity (Wildman–Crippen MR) is 117 cm³/mol. The zero-order valence-corrected chi connectivity index (χ0v) is 17.6. The van der Waals surface area contributed by atoms with Gasteiger partial charge < -0.3 is 9.88 Å². The minimum atomic E-state index is -3.44. The summed E-state index contributed by atoms with van der Waals surface area (Å²) in [5.41, 5.74) is 1.81. The summed E-state index contributed by atoms with van der Waals surface area (Å²) in [4.78, 5) is 14.0. The molecule has 2 N–H and O–H groups in total. The van der Waals surface area contributed by atoms with Crippen LogP contribution < -0.4 is 9.62 Å². The number of fused-ring (bicyclic) bond motifs is 1. The van der Waals surface area contributed by atoms with Crippen LogP contribution in [0.3, 0.4) is 0 Å². The Hall–Kier alpha value is -3.12. The molecule has 156 valence electrons. The van der Waals surface area contributed by atoms with Crippen LogP contribution in [0.25, 0.3) is 11.0 Å². The van der Waals surface area contributed by atoms with Gasteiger partial charge in [0, 0.05) is 25.0 Å². The van der Waals surface area contributed by atoms with Crippen molar-refractivity contribution in [1.82, 2.24) is 15.0 Å². The molecular weight excluding hydrogens is 400 g/mol. The Morgan fingerprint density at radius 3 is 2.60 bits per heavy atom. The molecule has 0 atom stereocenters. The van der Waals surface area contributed by atoms with Gasteiger partial charge in [0.25, 0.3) is 0 Å². The minimum Gasteiger partial charge on any atom is -0.356 e. The standard InChI is InChI=1S/C21H24N6O2S/c1-27(21-19-10-11-23-20(19)24-14-25-21)18-8-4-16(5-9-18)13-30(28,29)26-17-6-2-15(12-22)3-7-17/h2-3,6-7,10-11,14,16,18,26H,4-5,8-9,13H2,1H3,(H,23,24,25)/t16-,18-. The average Bonchev–Trinajstić information content (AvgIpc) is 3.23. The maximum absolute atomic E-state index is 12.6. The maximum Gasteiger partial charge on any atom is 0.232 e. The van der Waals surface area contributed by atoms with Gasteiger partial charge in [-0.2, -0.15) is 5.26 Å². The van der Waals surface area contributed by atoms with Gasteiger partial charge in [0.05, 0.1) is 22.8 Å². The van der Waals surface area contributed by atoms with Gasteiger partial charge in [0.1, 0.15) is 17.8 Å². The van der Waals surface area contributed by atoms with E-state index in [-0.39, 0.29) is 11.7 Å². The lowest BCUT2D eigenvalue weighted by atomic mass is 9.86. The van der Waals surface area contributed by atoms with Crippen LogP contribution in [-0.2, 0) is 10.0 Å². The van der Waals surface area contributed by atoms with E-state index in [0.29, 0.717) is 17.3 Å². The van der Waals surface area contributed by atoms with Crippen LogP contribution >= 0.6 is 0 Å². The van der Waals surface area contributed by atoms with Gasteiger partial charge in [0.2, 0.25) is 10.0 Å². The summed E-state index contributed by atoms with van der Waals surface area (Å²) in [6, 6.07) is 10.8. The third-order valence-corrected chi connectivity index (χ3v) is 7.23. The number of aromatic amines is 1. The number of nitrogens with one attached hydrogen (secondary N) is 2. The van der Waals surface area contributed by atoms with E-state index in [1.165, 1.54) is 0 Å². The maximum atomic E-state index is 12.6. The molecule has 2 aromatic heterocycles. The first-order valence-corrected chi connectivity index (χ1v) is 11.6. The number of sulfonamides is 1. The first-order valence-electron chi connectivity index (χ1n) is 9.97. The minimum absolute atomic E-state index is 0.110. The number of H-pyrrole nitrogens is 1. The molecule has 8 nitrogen and oxygen atoms in total. The number of nitriles is 1. The monoisotopic (exact) mass is 424 g/mol. The molecule has 0 aliphatic heterocycles. The first kappa shape index (κ1) is 20.2. The third-order valence-electron chi connectivity index (χ3n) is 5.77. The average molecular weight is 425 g/mol. The van der Waals surface area contributed by atoms with Crippen LogP contribution in [0, 0.1) is 17.2 Å². The molecular formula is C21H24N6O2S. The molecule has 2 heterocycles. The Morgan fingerprint density at radius 1 is 1.17 bits per heavy atom. The summed E-state index contributed by atoms with van der Waals surface area (Å²) in [6.45, 7) is 0. The lowest BCUT2D eigenvalue weighted by Crippen LogP contribution is -2.37. The highest BCUT2D eigenvalue weighted by molar-refractivity contribution is 7.92. The van der Waals surface area contributed by atoms with Crippen LogP contribution in [0.4, 0.5) is 11.5 Å². The van der Waals surface area contributed by atoms with E-state index >= 15 is 0 Å². The number of rotatable bonds is 6. The molecule has 1 aliphatic carbocycles. The molecule has 0 unspecified atom stereocenters. The van der Waals surface area contributed by atoms with Crippen molar-refractivity contribution in [2.75, 3.05) is 22.4 Å². The van der Waals surface area contributed by atoms with E-state index in [4.69, 9.17) is 5.26 Å². The second-order valence-electron chi connectivity index (χ2n) is 7.80. The molecule has 1 fully saturated rings. The third kappa shape index (κ3) is 4.39. The van der Waals surface area contributed by atoms with Crippen LogP contribution in [0.15, 0.2) is 42.9 Å². The zero-order chi connectivity index (χ0) is 21.1. The Morgan fingerprint density at radius 2 is 1.90 bits per heavy atom. The van der Waals surface area contributed by atoms with Crippen molar-refractivity contribution in [3.05, 3.63) is 48.4 Å². The molecule has 9 heteroatoms. The Bertz CT molecular complexity index is 1160. The number of aromatic nitrogens is 3. The van der Waals surface area contributed by atoms with Gasteiger partial charge in [0.15, 0.2) is 0 Å². The smallest absolute Gasteiger partial charge is 0.232 e. The van der Waals surface area contributed by atoms with Crippen molar-refractivity contribution in [2.45, 2.75) is 31.7 Å². The summed E-state index contributed by atoms with van der Waals surface area (Å²) in [5, 5.41) is 9.85. The van der Waals surface area contributed by atoms with Crippen molar-refractivity contribution in [3.8, 4) is 6.07 Å². The van der Waals surface area contributed by atoms with Gasteiger partial charge in [-0.15, -0.1) is 0 Å². The molecule has 1 saturated carbocycles. The van der Waals surface area contributed by atoms with Gasteiger partial charge in [-0.05, 0) is 61.9 Å². The van der Waals surface area contributed by atoms with Crippen LogP contribution in [-0.4, -0.2) is 42.2 Å². The summed E-state index contributed by atoms with van der Waals surface area (Å²) in [7, 11) is -1.39. The van der Waals surface area contributed by atoms with Crippen LogP contribution in [0.1, 0.15) is 31.2 Å². The van der Waals surface area contributed by atoms with Crippen molar-refractivity contribution in [3.63, 3.8) is 0 Å². The molecule has 3 aromatic rings. The van der Waals surface area contributed by atoms with Crippen molar-refractivity contribution in [1.29, 1.82) is 5.26 Å². The number of hydrogen-bond donors (Lipinski definition) is 2. The number of benzene rings is 1. The Labute approximate surface area is 176 Å². The fraction of sp³-hybridized carbons (Fsp3) is 0.381. The summed E-state index contributed by atoms with van der Waals surface area (Å²) in [5.74, 6) is 1.14.